The molecule has 0 amide bonds. The molecule has 31 heavy (non-hydrogen) atoms. The maximum Gasteiger partial charge on any atom is 0.124 e. The molecule has 0 radical (unpaired) electrons. The van der Waals surface area contributed by atoms with Crippen LogP contribution >= 0.6 is 23.2 Å². The van der Waals surface area contributed by atoms with Crippen LogP contribution in [-0.4, -0.2) is 44.3 Å². The van der Waals surface area contributed by atoms with Crippen molar-refractivity contribution in [2.45, 2.75) is 19.6 Å². The summed E-state index contributed by atoms with van der Waals surface area (Å²) in [7, 11) is 0. The van der Waals surface area contributed by atoms with E-state index in [1.165, 1.54) is 10.8 Å². The van der Waals surface area contributed by atoms with Gasteiger partial charge in [-0.2, -0.15) is 0 Å². The Labute approximate surface area is 194 Å². The molecular weight excluding hydrogens is 431 g/mol. The van der Waals surface area contributed by atoms with Crippen molar-refractivity contribution in [3.63, 3.8) is 0 Å². The number of rotatable bonds is 9. The van der Waals surface area contributed by atoms with Crippen LogP contribution in [0, 0.1) is 0 Å². The van der Waals surface area contributed by atoms with Crippen LogP contribution in [0.15, 0.2) is 54.6 Å². The minimum absolute atomic E-state index is 0.334. The van der Waals surface area contributed by atoms with E-state index in [2.05, 4.69) is 40.5 Å². The number of hydrogen-bond acceptors (Lipinski definition) is 4. The van der Waals surface area contributed by atoms with E-state index in [1.807, 2.05) is 24.3 Å². The first kappa shape index (κ1) is 22.4. The molecule has 0 bridgehead atoms. The molecule has 1 N–H and O–H groups in total. The lowest BCUT2D eigenvalue weighted by Gasteiger charge is -2.26. The van der Waals surface area contributed by atoms with Gasteiger partial charge in [0.15, 0.2) is 0 Å². The number of fused-ring (bicyclic) bond motifs is 1. The summed E-state index contributed by atoms with van der Waals surface area (Å²) in [6, 6.07) is 18.1. The van der Waals surface area contributed by atoms with Gasteiger partial charge in [-0.15, -0.1) is 0 Å². The highest BCUT2D eigenvalue weighted by molar-refractivity contribution is 6.35. The summed E-state index contributed by atoms with van der Waals surface area (Å²) < 4.78 is 11.6. The number of ether oxygens (including phenoxy) is 2. The molecule has 4 nitrogen and oxygen atoms in total. The summed E-state index contributed by atoms with van der Waals surface area (Å²) >= 11 is 12.6. The van der Waals surface area contributed by atoms with Crippen molar-refractivity contribution in [3.05, 3.63) is 75.8 Å². The zero-order chi connectivity index (χ0) is 21.5. The molecule has 4 rings (SSSR count). The summed E-state index contributed by atoms with van der Waals surface area (Å²) in [6.07, 6.45) is 1.11. The Hall–Kier alpha value is -1.82. The topological polar surface area (TPSA) is 33.7 Å². The normalized spacial score (nSPS) is 14.8. The summed E-state index contributed by atoms with van der Waals surface area (Å²) in [5, 5.41) is 7.25. The average Bonchev–Trinajstić information content (AvgIpc) is 2.80. The van der Waals surface area contributed by atoms with Crippen molar-refractivity contribution in [2.75, 3.05) is 39.4 Å². The van der Waals surface area contributed by atoms with E-state index >= 15 is 0 Å². The summed E-state index contributed by atoms with van der Waals surface area (Å²) in [6.45, 7) is 6.89. The molecule has 0 spiro atoms. The molecule has 164 valence electrons. The SMILES string of the molecule is Clc1cccc(Cl)c1COc1ccc2ccccc2c1CNCCCN1CCOCC1. The fraction of sp³-hybridized carbons (Fsp3) is 0.360. The predicted molar refractivity (Wildman–Crippen MR) is 128 cm³/mol. The van der Waals surface area contributed by atoms with Gasteiger partial charge in [-0.3, -0.25) is 4.90 Å². The molecule has 0 aliphatic carbocycles. The van der Waals surface area contributed by atoms with Crippen LogP contribution in [0.2, 0.25) is 10.0 Å². The molecule has 1 aliphatic rings. The lowest BCUT2D eigenvalue weighted by Crippen LogP contribution is -2.37. The Morgan fingerprint density at radius 1 is 0.903 bits per heavy atom. The van der Waals surface area contributed by atoms with E-state index in [1.54, 1.807) is 0 Å². The Morgan fingerprint density at radius 3 is 2.48 bits per heavy atom. The zero-order valence-corrected chi connectivity index (χ0v) is 19.1. The van der Waals surface area contributed by atoms with Gasteiger partial charge >= 0.3 is 0 Å². The first-order valence-electron chi connectivity index (χ1n) is 10.8. The summed E-state index contributed by atoms with van der Waals surface area (Å²) in [5.41, 5.74) is 1.97. The second kappa shape index (κ2) is 11.2. The molecule has 3 aromatic rings. The van der Waals surface area contributed by atoms with Crippen molar-refractivity contribution in [2.24, 2.45) is 0 Å². The first-order chi connectivity index (χ1) is 15.2. The van der Waals surface area contributed by atoms with Crippen molar-refractivity contribution < 1.29 is 9.47 Å². The highest BCUT2D eigenvalue weighted by atomic mass is 35.5. The molecule has 0 unspecified atom stereocenters. The van der Waals surface area contributed by atoms with Crippen molar-refractivity contribution in [1.29, 1.82) is 0 Å². The largest absolute Gasteiger partial charge is 0.488 e. The Morgan fingerprint density at radius 2 is 1.68 bits per heavy atom. The second-order valence-electron chi connectivity index (χ2n) is 7.74. The van der Waals surface area contributed by atoms with Gasteiger partial charge < -0.3 is 14.8 Å². The quantitative estimate of drug-likeness (QED) is 0.426. The standard InChI is InChI=1S/C25H28Cl2N2O2/c26-23-7-3-8-24(27)22(23)18-31-25-10-9-19-5-1-2-6-20(19)21(25)17-28-11-4-12-29-13-15-30-16-14-29/h1-3,5-10,28H,4,11-18H2. The fourth-order valence-electron chi connectivity index (χ4n) is 3.92. The molecule has 0 aromatic heterocycles. The van der Waals surface area contributed by atoms with E-state index in [4.69, 9.17) is 32.7 Å². The molecular formula is C25H28Cl2N2O2. The van der Waals surface area contributed by atoms with Crippen molar-refractivity contribution >= 4 is 34.0 Å². The Bertz CT molecular complexity index is 986. The Kier molecular flexibility index (Phi) is 8.06. The van der Waals surface area contributed by atoms with Crippen molar-refractivity contribution in [3.8, 4) is 5.75 Å². The molecule has 0 atom stereocenters. The number of nitrogens with one attached hydrogen (secondary N) is 1. The lowest BCUT2D eigenvalue weighted by atomic mass is 10.0. The van der Waals surface area contributed by atoms with Crippen LogP contribution in [0.4, 0.5) is 0 Å². The minimum atomic E-state index is 0.334. The van der Waals surface area contributed by atoms with Gasteiger partial charge in [0.2, 0.25) is 0 Å². The molecule has 6 heteroatoms. The van der Waals surface area contributed by atoms with Gasteiger partial charge in [0, 0.05) is 40.8 Å². The maximum atomic E-state index is 6.32. The molecule has 1 heterocycles. The van der Waals surface area contributed by atoms with Crippen LogP contribution in [0.25, 0.3) is 10.8 Å². The summed E-state index contributed by atoms with van der Waals surface area (Å²) in [4.78, 5) is 2.46. The van der Waals surface area contributed by atoms with Gasteiger partial charge in [-0.1, -0.05) is 59.6 Å². The Balaban J connectivity index is 1.42. The molecule has 0 saturated carbocycles. The monoisotopic (exact) mass is 458 g/mol. The first-order valence-corrected chi connectivity index (χ1v) is 11.5. The van der Waals surface area contributed by atoms with Crippen LogP contribution in [0.3, 0.4) is 0 Å². The minimum Gasteiger partial charge on any atom is -0.488 e. The van der Waals surface area contributed by atoms with Gasteiger partial charge in [0.05, 0.1) is 13.2 Å². The third-order valence-electron chi connectivity index (χ3n) is 5.66. The van der Waals surface area contributed by atoms with Gasteiger partial charge in [-0.25, -0.2) is 0 Å². The van der Waals surface area contributed by atoms with E-state index in [-0.39, 0.29) is 0 Å². The molecule has 1 aliphatic heterocycles. The predicted octanol–water partition coefficient (Wildman–Crippen LogP) is 5.54. The molecule has 3 aromatic carbocycles. The third kappa shape index (κ3) is 5.91. The number of nitrogens with zero attached hydrogens (tertiary/aromatic N) is 1. The highest BCUT2D eigenvalue weighted by Gasteiger charge is 2.12. The highest BCUT2D eigenvalue weighted by Crippen LogP contribution is 2.31. The fourth-order valence-corrected chi connectivity index (χ4v) is 4.43. The van der Waals surface area contributed by atoms with Crippen LogP contribution in [0.5, 0.6) is 5.75 Å². The second-order valence-corrected chi connectivity index (χ2v) is 8.55. The van der Waals surface area contributed by atoms with Crippen LogP contribution in [-0.2, 0) is 17.9 Å². The van der Waals surface area contributed by atoms with Crippen LogP contribution < -0.4 is 10.1 Å². The number of benzene rings is 3. The van der Waals surface area contributed by atoms with Crippen molar-refractivity contribution in [1.82, 2.24) is 10.2 Å². The zero-order valence-electron chi connectivity index (χ0n) is 17.6. The van der Waals surface area contributed by atoms with E-state index in [9.17, 15) is 0 Å². The van der Waals surface area contributed by atoms with E-state index in [0.29, 0.717) is 16.7 Å². The van der Waals surface area contributed by atoms with Crippen LogP contribution in [0.1, 0.15) is 17.5 Å². The van der Waals surface area contributed by atoms with Gasteiger partial charge in [-0.05, 0) is 48.5 Å². The van der Waals surface area contributed by atoms with E-state index < -0.39 is 0 Å². The maximum absolute atomic E-state index is 6.32. The number of halogens is 2. The number of hydrogen-bond donors (Lipinski definition) is 1. The lowest BCUT2D eigenvalue weighted by molar-refractivity contribution is 0.0374. The smallest absolute Gasteiger partial charge is 0.124 e. The van der Waals surface area contributed by atoms with E-state index in [0.717, 1.165) is 69.2 Å². The third-order valence-corrected chi connectivity index (χ3v) is 6.37. The average molecular weight is 459 g/mol. The number of morpholine rings is 1. The molecule has 1 fully saturated rings. The summed E-state index contributed by atoms with van der Waals surface area (Å²) in [5.74, 6) is 0.857. The van der Waals surface area contributed by atoms with Gasteiger partial charge in [0.1, 0.15) is 12.4 Å². The molecule has 1 saturated heterocycles. The van der Waals surface area contributed by atoms with Gasteiger partial charge in [0.25, 0.3) is 0 Å².